The number of nitrogens with zero attached hydrogens (tertiary/aromatic N) is 1. The molecule has 3 aromatic rings. The van der Waals surface area contributed by atoms with Crippen molar-refractivity contribution in [1.82, 2.24) is 0 Å². The topological polar surface area (TPSA) is 46.2 Å². The first-order valence-corrected chi connectivity index (χ1v) is 7.66. The summed E-state index contributed by atoms with van der Waals surface area (Å²) >= 11 is 9.39. The predicted octanol–water partition coefficient (Wildman–Crippen LogP) is 5.65. The molecule has 0 saturated heterocycles. The number of hydrogen-bond acceptors (Lipinski definition) is 3. The largest absolute Gasteiger partial charge is 0.452 e. The van der Waals surface area contributed by atoms with Crippen molar-refractivity contribution in [3.05, 3.63) is 58.8 Å². The highest BCUT2D eigenvalue weighted by molar-refractivity contribution is 9.08. The maximum atomic E-state index is 9.21. The molecule has 0 aliphatic heterocycles. The van der Waals surface area contributed by atoms with E-state index < -0.39 is 0 Å². The average Bonchev–Trinajstić information content (AvgIpc) is 2.87. The van der Waals surface area contributed by atoms with Gasteiger partial charge in [0.1, 0.15) is 17.4 Å². The number of furan rings is 1. The van der Waals surface area contributed by atoms with Gasteiger partial charge in [-0.1, -0.05) is 39.7 Å². The lowest BCUT2D eigenvalue weighted by Gasteiger charge is -2.09. The Hall–Kier alpha value is -1.96. The number of alkyl halides is 1. The maximum Gasteiger partial charge on any atom is 0.247 e. The summed E-state index contributed by atoms with van der Waals surface area (Å²) in [6.07, 6.45) is 0. The van der Waals surface area contributed by atoms with Crippen LogP contribution in [0.15, 0.2) is 46.9 Å². The zero-order chi connectivity index (χ0) is 14.8. The van der Waals surface area contributed by atoms with Crippen molar-refractivity contribution in [3.63, 3.8) is 0 Å². The monoisotopic (exact) mass is 361 g/mol. The number of rotatable bonds is 3. The van der Waals surface area contributed by atoms with Gasteiger partial charge in [0.25, 0.3) is 0 Å². The molecule has 0 amide bonds. The van der Waals surface area contributed by atoms with Gasteiger partial charge >= 0.3 is 0 Å². The molecule has 5 heteroatoms. The van der Waals surface area contributed by atoms with Gasteiger partial charge in [-0.25, -0.2) is 0 Å². The molecule has 0 atom stereocenters. The fraction of sp³-hybridized carbons (Fsp3) is 0.0625. The van der Waals surface area contributed by atoms with Gasteiger partial charge in [-0.2, -0.15) is 5.26 Å². The zero-order valence-electron chi connectivity index (χ0n) is 10.8. The van der Waals surface area contributed by atoms with Crippen LogP contribution in [0.3, 0.4) is 0 Å². The van der Waals surface area contributed by atoms with Crippen molar-refractivity contribution in [2.24, 2.45) is 0 Å². The summed E-state index contributed by atoms with van der Waals surface area (Å²) in [6.45, 7) is 0. The Morgan fingerprint density at radius 3 is 2.81 bits per heavy atom. The molecule has 0 radical (unpaired) electrons. The Balaban J connectivity index is 2.12. The molecule has 1 aromatic heterocycles. The lowest BCUT2D eigenvalue weighted by Crippen LogP contribution is -1.90. The predicted molar refractivity (Wildman–Crippen MR) is 85.1 cm³/mol. The zero-order valence-corrected chi connectivity index (χ0v) is 13.1. The van der Waals surface area contributed by atoms with Gasteiger partial charge in [0.05, 0.1) is 5.39 Å². The Labute approximate surface area is 134 Å². The van der Waals surface area contributed by atoms with Crippen LogP contribution in [-0.4, -0.2) is 0 Å². The van der Waals surface area contributed by atoms with Crippen LogP contribution in [-0.2, 0) is 5.33 Å². The van der Waals surface area contributed by atoms with Crippen LogP contribution in [0.4, 0.5) is 0 Å². The van der Waals surface area contributed by atoms with Crippen LogP contribution in [0.1, 0.15) is 11.3 Å². The lowest BCUT2D eigenvalue weighted by atomic mass is 10.2. The molecule has 3 nitrogen and oxygen atoms in total. The van der Waals surface area contributed by atoms with E-state index in [1.54, 1.807) is 18.2 Å². The SMILES string of the molecule is N#Cc1oc2ccccc2c1Oc1ccc(Cl)cc1CBr. The summed E-state index contributed by atoms with van der Waals surface area (Å²) in [5.74, 6) is 1.23. The minimum atomic E-state index is 0.159. The van der Waals surface area contributed by atoms with E-state index in [1.807, 2.05) is 30.3 Å². The highest BCUT2D eigenvalue weighted by atomic mass is 79.9. The molecule has 3 rings (SSSR count). The van der Waals surface area contributed by atoms with E-state index in [-0.39, 0.29) is 5.76 Å². The second-order valence-corrected chi connectivity index (χ2v) is 5.35. The summed E-state index contributed by atoms with van der Waals surface area (Å²) in [5.41, 5.74) is 1.52. The van der Waals surface area contributed by atoms with Crippen LogP contribution in [0.5, 0.6) is 11.5 Å². The van der Waals surface area contributed by atoms with Crippen molar-refractivity contribution in [2.45, 2.75) is 5.33 Å². The number of nitriles is 1. The molecule has 2 aromatic carbocycles. The smallest absolute Gasteiger partial charge is 0.247 e. The van der Waals surface area contributed by atoms with Crippen molar-refractivity contribution in [2.75, 3.05) is 0 Å². The molecular formula is C16H9BrClNO2. The number of hydrogen-bond donors (Lipinski definition) is 0. The average molecular weight is 363 g/mol. The van der Waals surface area contributed by atoms with Crippen LogP contribution in [0, 0.1) is 11.3 Å². The molecule has 0 aliphatic carbocycles. The first kappa shape index (κ1) is 14.0. The van der Waals surface area contributed by atoms with Crippen molar-refractivity contribution in [1.29, 1.82) is 5.26 Å². The highest BCUT2D eigenvalue weighted by Crippen LogP contribution is 2.37. The third-order valence-corrected chi connectivity index (χ3v) is 3.87. The second-order valence-electron chi connectivity index (χ2n) is 4.36. The first-order chi connectivity index (χ1) is 10.2. The number of halogens is 2. The second kappa shape index (κ2) is 5.80. The van der Waals surface area contributed by atoms with Crippen LogP contribution >= 0.6 is 27.5 Å². The number of fused-ring (bicyclic) bond motifs is 1. The fourth-order valence-electron chi connectivity index (χ4n) is 2.06. The molecule has 1 heterocycles. The van der Waals surface area contributed by atoms with Crippen molar-refractivity contribution in [3.8, 4) is 17.6 Å². The number of ether oxygens (including phenoxy) is 1. The van der Waals surface area contributed by atoms with Gasteiger partial charge in [-0.3, -0.25) is 0 Å². The van der Waals surface area contributed by atoms with Crippen LogP contribution < -0.4 is 4.74 Å². The Kier molecular flexibility index (Phi) is 3.87. The third kappa shape index (κ3) is 2.63. The number of para-hydroxylation sites is 1. The summed E-state index contributed by atoms with van der Waals surface area (Å²) in [6, 6.07) is 14.8. The Morgan fingerprint density at radius 2 is 2.05 bits per heavy atom. The normalized spacial score (nSPS) is 10.5. The molecule has 0 aliphatic rings. The van der Waals surface area contributed by atoms with E-state index in [9.17, 15) is 5.26 Å². The molecule has 0 fully saturated rings. The molecule has 0 spiro atoms. The third-order valence-electron chi connectivity index (χ3n) is 3.03. The molecule has 0 bridgehead atoms. The molecule has 0 unspecified atom stereocenters. The van der Waals surface area contributed by atoms with Crippen molar-refractivity contribution >= 4 is 38.5 Å². The maximum absolute atomic E-state index is 9.21. The molecule has 0 N–H and O–H groups in total. The van der Waals surface area contributed by atoms with Gasteiger partial charge in [-0.15, -0.1) is 0 Å². The van der Waals surface area contributed by atoms with Crippen LogP contribution in [0.2, 0.25) is 5.02 Å². The van der Waals surface area contributed by atoms with E-state index in [2.05, 4.69) is 15.9 Å². The van der Waals surface area contributed by atoms with Gasteiger partial charge in [-0.05, 0) is 30.3 Å². The molecule has 21 heavy (non-hydrogen) atoms. The van der Waals surface area contributed by atoms with E-state index in [0.29, 0.717) is 27.4 Å². The van der Waals surface area contributed by atoms with E-state index in [1.165, 1.54) is 0 Å². The summed E-state index contributed by atoms with van der Waals surface area (Å²) < 4.78 is 11.4. The minimum Gasteiger partial charge on any atom is -0.452 e. The van der Waals surface area contributed by atoms with Gasteiger partial charge in [0.2, 0.25) is 5.76 Å². The molecular weight excluding hydrogens is 354 g/mol. The molecule has 0 saturated carbocycles. The minimum absolute atomic E-state index is 0.159. The van der Waals surface area contributed by atoms with E-state index >= 15 is 0 Å². The van der Waals surface area contributed by atoms with Gasteiger partial charge in [0, 0.05) is 15.9 Å². The lowest BCUT2D eigenvalue weighted by molar-refractivity contribution is 0.464. The fourth-order valence-corrected chi connectivity index (χ4v) is 2.69. The van der Waals surface area contributed by atoms with Crippen molar-refractivity contribution < 1.29 is 9.15 Å². The standard InChI is InChI=1S/C16H9BrClNO2/c17-8-10-7-11(18)5-6-13(10)21-16-12-3-1-2-4-14(12)20-15(16)9-19/h1-7H,8H2. The van der Waals surface area contributed by atoms with E-state index in [4.69, 9.17) is 20.8 Å². The molecule has 104 valence electrons. The summed E-state index contributed by atoms with van der Waals surface area (Å²) in [4.78, 5) is 0. The first-order valence-electron chi connectivity index (χ1n) is 6.17. The Morgan fingerprint density at radius 1 is 1.24 bits per heavy atom. The van der Waals surface area contributed by atoms with Crippen LogP contribution in [0.25, 0.3) is 11.0 Å². The Bertz CT molecular complexity index is 851. The number of benzene rings is 2. The highest BCUT2D eigenvalue weighted by Gasteiger charge is 2.17. The van der Waals surface area contributed by atoms with Gasteiger partial charge in [0.15, 0.2) is 5.75 Å². The van der Waals surface area contributed by atoms with E-state index in [0.717, 1.165) is 10.9 Å². The van der Waals surface area contributed by atoms with Gasteiger partial charge < -0.3 is 9.15 Å². The summed E-state index contributed by atoms with van der Waals surface area (Å²) in [7, 11) is 0. The summed E-state index contributed by atoms with van der Waals surface area (Å²) in [5, 5.41) is 11.2. The quantitative estimate of drug-likeness (QED) is 0.566.